The Morgan fingerprint density at radius 3 is 3.04 bits per heavy atom. The highest BCUT2D eigenvalue weighted by Gasteiger charge is 2.27. The maximum atomic E-state index is 12.7. The first kappa shape index (κ1) is 16.6. The van der Waals surface area contributed by atoms with Gasteiger partial charge in [0.25, 0.3) is 5.91 Å². The van der Waals surface area contributed by atoms with Crippen molar-refractivity contribution in [3.05, 3.63) is 33.8 Å². The Kier molecular flexibility index (Phi) is 4.91. The van der Waals surface area contributed by atoms with Crippen LogP contribution in [0.25, 0.3) is 0 Å². The van der Waals surface area contributed by atoms with Gasteiger partial charge in [0, 0.05) is 20.2 Å². The molecule has 1 N–H and O–H groups in total. The molecule has 0 saturated carbocycles. The van der Waals surface area contributed by atoms with Gasteiger partial charge < -0.3 is 14.7 Å². The minimum atomic E-state index is -1.10. The molecule has 1 unspecified atom stereocenters. The van der Waals surface area contributed by atoms with Gasteiger partial charge in [0.05, 0.1) is 23.7 Å². The molecule has 0 aliphatic carbocycles. The van der Waals surface area contributed by atoms with E-state index in [1.807, 2.05) is 11.4 Å². The summed E-state index contributed by atoms with van der Waals surface area (Å²) in [6.07, 6.45) is 3.10. The van der Waals surface area contributed by atoms with Gasteiger partial charge >= 0.3 is 5.97 Å². The van der Waals surface area contributed by atoms with Crippen molar-refractivity contribution in [2.45, 2.75) is 25.5 Å². The molecular formula is C15H18N4O4S. The number of carboxylic acids is 1. The van der Waals surface area contributed by atoms with Crippen LogP contribution >= 0.6 is 11.3 Å². The van der Waals surface area contributed by atoms with Crippen molar-refractivity contribution in [2.24, 2.45) is 0 Å². The van der Waals surface area contributed by atoms with Gasteiger partial charge in [0.2, 0.25) is 0 Å². The lowest BCUT2D eigenvalue weighted by Crippen LogP contribution is -2.40. The molecule has 2 aromatic heterocycles. The first-order chi connectivity index (χ1) is 11.6. The summed E-state index contributed by atoms with van der Waals surface area (Å²) >= 11 is 1.41. The molecule has 2 aromatic rings. The minimum absolute atomic E-state index is 0.00868. The van der Waals surface area contributed by atoms with Crippen LogP contribution in [-0.2, 0) is 11.3 Å². The number of thiophene rings is 1. The van der Waals surface area contributed by atoms with Gasteiger partial charge in [0.1, 0.15) is 0 Å². The van der Waals surface area contributed by atoms with Crippen LogP contribution in [-0.4, -0.2) is 57.1 Å². The number of amides is 1. The molecule has 1 fully saturated rings. The molecule has 0 aromatic carbocycles. The number of carboxylic acid groups (broad SMARTS) is 1. The molecule has 0 radical (unpaired) electrons. The molecule has 1 saturated heterocycles. The number of carbonyl (C=O) groups is 2. The van der Waals surface area contributed by atoms with Crippen molar-refractivity contribution in [1.29, 1.82) is 0 Å². The Morgan fingerprint density at radius 2 is 2.33 bits per heavy atom. The molecule has 8 nitrogen and oxygen atoms in total. The van der Waals surface area contributed by atoms with Crippen LogP contribution in [0, 0.1) is 0 Å². The highest BCUT2D eigenvalue weighted by molar-refractivity contribution is 7.12. The molecule has 1 aliphatic heterocycles. The second-order valence-electron chi connectivity index (χ2n) is 5.69. The lowest BCUT2D eigenvalue weighted by atomic mass is 10.1. The predicted molar refractivity (Wildman–Crippen MR) is 86.2 cm³/mol. The third kappa shape index (κ3) is 3.46. The number of likely N-dealkylation sites (tertiary alicyclic amines) is 1. The van der Waals surface area contributed by atoms with Crippen LogP contribution in [0.4, 0.5) is 0 Å². The fourth-order valence-electron chi connectivity index (χ4n) is 2.79. The summed E-state index contributed by atoms with van der Waals surface area (Å²) in [6.45, 7) is 1.68. The molecular weight excluding hydrogens is 332 g/mol. The molecule has 0 bridgehead atoms. The monoisotopic (exact) mass is 350 g/mol. The van der Waals surface area contributed by atoms with Crippen LogP contribution < -0.4 is 0 Å². The minimum Gasteiger partial charge on any atom is -0.476 e. The summed E-state index contributed by atoms with van der Waals surface area (Å²) in [5.74, 6) is -1.11. The fourth-order valence-corrected chi connectivity index (χ4v) is 3.66. The highest BCUT2D eigenvalue weighted by Crippen LogP contribution is 2.24. The van der Waals surface area contributed by atoms with Crippen LogP contribution in [0.1, 0.15) is 44.6 Å². The Morgan fingerprint density at radius 1 is 1.50 bits per heavy atom. The van der Waals surface area contributed by atoms with E-state index in [2.05, 4.69) is 10.3 Å². The summed E-state index contributed by atoms with van der Waals surface area (Å²) in [7, 11) is 1.62. The maximum Gasteiger partial charge on any atom is 0.358 e. The second kappa shape index (κ2) is 7.10. The lowest BCUT2D eigenvalue weighted by Gasteiger charge is -2.32. The molecule has 1 aliphatic rings. The molecule has 128 valence electrons. The Hall–Kier alpha value is -2.26. The van der Waals surface area contributed by atoms with E-state index in [-0.39, 0.29) is 17.6 Å². The normalized spacial score (nSPS) is 17.9. The standard InChI is InChI=1S/C15H18N4O4S/c1-23-8-10-5-13(24-9-10)14(20)18-4-2-3-11(6-18)19-7-12(15(21)22)16-17-19/h5,7,9,11H,2-4,6,8H2,1H3,(H,21,22). The summed E-state index contributed by atoms with van der Waals surface area (Å²) in [5.41, 5.74) is 0.905. The van der Waals surface area contributed by atoms with Gasteiger partial charge in [0.15, 0.2) is 5.69 Å². The average molecular weight is 350 g/mol. The van der Waals surface area contributed by atoms with Gasteiger partial charge in [-0.15, -0.1) is 16.4 Å². The van der Waals surface area contributed by atoms with Gasteiger partial charge in [-0.2, -0.15) is 0 Å². The van der Waals surface area contributed by atoms with Crippen molar-refractivity contribution >= 4 is 23.2 Å². The van der Waals surface area contributed by atoms with Gasteiger partial charge in [-0.05, 0) is 29.9 Å². The molecule has 0 spiro atoms. The zero-order chi connectivity index (χ0) is 17.1. The van der Waals surface area contributed by atoms with Gasteiger partial charge in [-0.3, -0.25) is 4.79 Å². The number of carbonyl (C=O) groups excluding carboxylic acids is 1. The van der Waals surface area contributed by atoms with E-state index in [4.69, 9.17) is 9.84 Å². The number of aromatic nitrogens is 3. The molecule has 1 atom stereocenters. The number of aromatic carboxylic acids is 1. The quantitative estimate of drug-likeness (QED) is 0.881. The van der Waals surface area contributed by atoms with E-state index >= 15 is 0 Å². The zero-order valence-corrected chi connectivity index (χ0v) is 14.0. The third-order valence-corrected chi connectivity index (χ3v) is 4.93. The topological polar surface area (TPSA) is 97.5 Å². The van der Waals surface area contributed by atoms with Crippen LogP contribution in [0.2, 0.25) is 0 Å². The first-order valence-corrected chi connectivity index (χ1v) is 8.47. The van der Waals surface area contributed by atoms with Crippen molar-refractivity contribution in [2.75, 3.05) is 20.2 Å². The second-order valence-corrected chi connectivity index (χ2v) is 6.60. The first-order valence-electron chi connectivity index (χ1n) is 7.59. The van der Waals surface area contributed by atoms with E-state index in [0.29, 0.717) is 24.6 Å². The third-order valence-electron chi connectivity index (χ3n) is 3.96. The van der Waals surface area contributed by atoms with Crippen molar-refractivity contribution in [3.63, 3.8) is 0 Å². The Bertz CT molecular complexity index is 741. The summed E-state index contributed by atoms with van der Waals surface area (Å²) in [4.78, 5) is 26.1. The van der Waals surface area contributed by atoms with Gasteiger partial charge in [-0.1, -0.05) is 5.21 Å². The number of hydrogen-bond acceptors (Lipinski definition) is 6. The van der Waals surface area contributed by atoms with E-state index in [9.17, 15) is 9.59 Å². The van der Waals surface area contributed by atoms with E-state index in [1.54, 1.807) is 16.7 Å². The number of hydrogen-bond donors (Lipinski definition) is 1. The predicted octanol–water partition coefficient (Wildman–Crippen LogP) is 1.66. The number of ether oxygens (including phenoxy) is 1. The van der Waals surface area contributed by atoms with Crippen LogP contribution in [0.15, 0.2) is 17.6 Å². The zero-order valence-electron chi connectivity index (χ0n) is 13.2. The molecule has 24 heavy (non-hydrogen) atoms. The highest BCUT2D eigenvalue weighted by atomic mass is 32.1. The largest absolute Gasteiger partial charge is 0.476 e. The molecule has 9 heteroatoms. The van der Waals surface area contributed by atoms with Crippen LogP contribution in [0.3, 0.4) is 0 Å². The average Bonchev–Trinajstić information content (AvgIpc) is 3.24. The van der Waals surface area contributed by atoms with Crippen molar-refractivity contribution < 1.29 is 19.4 Å². The smallest absolute Gasteiger partial charge is 0.358 e. The maximum absolute atomic E-state index is 12.7. The molecule has 3 heterocycles. The molecule has 1 amide bonds. The summed E-state index contributed by atoms with van der Waals surface area (Å²) in [6, 6.07) is 1.81. The molecule has 3 rings (SSSR count). The van der Waals surface area contributed by atoms with Crippen molar-refractivity contribution in [1.82, 2.24) is 19.9 Å². The number of methoxy groups -OCH3 is 1. The lowest BCUT2D eigenvalue weighted by molar-refractivity contribution is 0.0669. The Balaban J connectivity index is 1.69. The van der Waals surface area contributed by atoms with Gasteiger partial charge in [-0.25, -0.2) is 9.48 Å². The Labute approximate surface area is 142 Å². The number of rotatable bonds is 5. The number of piperidine rings is 1. The SMILES string of the molecule is COCc1csc(C(=O)N2CCCC(n3cc(C(=O)O)nn3)C2)c1. The summed E-state index contributed by atoms with van der Waals surface area (Å²) in [5, 5.41) is 18.4. The van der Waals surface area contributed by atoms with Crippen molar-refractivity contribution in [3.8, 4) is 0 Å². The van der Waals surface area contributed by atoms with E-state index in [0.717, 1.165) is 18.4 Å². The van der Waals surface area contributed by atoms with E-state index < -0.39 is 5.97 Å². The fraction of sp³-hybridized carbons (Fsp3) is 0.467. The van der Waals surface area contributed by atoms with Crippen LogP contribution in [0.5, 0.6) is 0 Å². The number of nitrogens with zero attached hydrogens (tertiary/aromatic N) is 4. The van der Waals surface area contributed by atoms with E-state index in [1.165, 1.54) is 17.5 Å². The summed E-state index contributed by atoms with van der Waals surface area (Å²) < 4.78 is 6.63.